The highest BCUT2D eigenvalue weighted by atomic mass is 19.1. The number of nitrogens with one attached hydrogen (secondary N) is 1. The van der Waals surface area contributed by atoms with Crippen molar-refractivity contribution < 1.29 is 13.9 Å². The smallest absolute Gasteiger partial charge is 0.131 e. The summed E-state index contributed by atoms with van der Waals surface area (Å²) in [5.74, 6) is 0.375. The number of halogens is 1. The molecule has 3 nitrogen and oxygen atoms in total. The molecule has 4 heteroatoms. The van der Waals surface area contributed by atoms with Crippen LogP contribution in [0.4, 0.5) is 4.39 Å². The fraction of sp³-hybridized carbons (Fsp3) is 0.625. The molecule has 1 N–H and O–H groups in total. The molecule has 2 rings (SSSR count). The minimum absolute atomic E-state index is 0.0158. The van der Waals surface area contributed by atoms with Crippen LogP contribution in [0.1, 0.15) is 44.7 Å². The number of ether oxygens (including phenoxy) is 2. The standard InChI is InChI=1S/C16H24FNO2/c1-3-8-18-12(2)15-7-6-13(10-16(15)17)20-14-5-4-9-19-11-14/h6-7,10,12,14,18H,3-5,8-9,11H2,1-2H3. The molecule has 2 unspecified atom stereocenters. The quantitative estimate of drug-likeness (QED) is 0.866. The van der Waals surface area contributed by atoms with E-state index in [1.54, 1.807) is 0 Å². The summed E-state index contributed by atoms with van der Waals surface area (Å²) in [4.78, 5) is 0. The number of rotatable bonds is 6. The molecule has 1 aromatic rings. The number of hydrogen-bond acceptors (Lipinski definition) is 3. The van der Waals surface area contributed by atoms with Crippen LogP contribution in [0.3, 0.4) is 0 Å². The van der Waals surface area contributed by atoms with Crippen molar-refractivity contribution in [2.75, 3.05) is 19.8 Å². The molecular weight excluding hydrogens is 257 g/mol. The number of benzene rings is 1. The van der Waals surface area contributed by atoms with E-state index in [2.05, 4.69) is 12.2 Å². The Morgan fingerprint density at radius 1 is 1.50 bits per heavy atom. The van der Waals surface area contributed by atoms with Gasteiger partial charge in [-0.05, 0) is 38.8 Å². The van der Waals surface area contributed by atoms with Gasteiger partial charge in [0.05, 0.1) is 6.61 Å². The summed E-state index contributed by atoms with van der Waals surface area (Å²) < 4.78 is 25.3. The van der Waals surface area contributed by atoms with E-state index in [1.807, 2.05) is 19.1 Å². The van der Waals surface area contributed by atoms with Gasteiger partial charge in [0.25, 0.3) is 0 Å². The minimum Gasteiger partial charge on any atom is -0.488 e. The summed E-state index contributed by atoms with van der Waals surface area (Å²) in [6, 6.07) is 5.15. The van der Waals surface area contributed by atoms with Crippen LogP contribution in [0.5, 0.6) is 5.75 Å². The van der Waals surface area contributed by atoms with Gasteiger partial charge in [-0.25, -0.2) is 4.39 Å². The highest BCUT2D eigenvalue weighted by Gasteiger charge is 2.17. The normalized spacial score (nSPS) is 20.6. The van der Waals surface area contributed by atoms with Crippen LogP contribution < -0.4 is 10.1 Å². The van der Waals surface area contributed by atoms with E-state index >= 15 is 0 Å². The van der Waals surface area contributed by atoms with Gasteiger partial charge in [0.2, 0.25) is 0 Å². The van der Waals surface area contributed by atoms with Crippen LogP contribution in [0.2, 0.25) is 0 Å². The highest BCUT2D eigenvalue weighted by Crippen LogP contribution is 2.24. The second-order valence-electron chi connectivity index (χ2n) is 5.32. The third kappa shape index (κ3) is 4.18. The lowest BCUT2D eigenvalue weighted by molar-refractivity contribution is 0.00730. The maximum atomic E-state index is 14.1. The summed E-state index contributed by atoms with van der Waals surface area (Å²) in [5.41, 5.74) is 0.686. The molecule has 1 heterocycles. The van der Waals surface area contributed by atoms with Gasteiger partial charge in [-0.1, -0.05) is 13.0 Å². The Bertz CT molecular complexity index is 419. The van der Waals surface area contributed by atoms with E-state index < -0.39 is 0 Å². The first-order valence-electron chi connectivity index (χ1n) is 7.48. The largest absolute Gasteiger partial charge is 0.488 e. The Hall–Kier alpha value is -1.13. The van der Waals surface area contributed by atoms with Gasteiger partial charge >= 0.3 is 0 Å². The van der Waals surface area contributed by atoms with E-state index in [-0.39, 0.29) is 18.0 Å². The molecule has 1 saturated heterocycles. The summed E-state index contributed by atoms with van der Waals surface area (Å²) >= 11 is 0. The molecule has 0 bridgehead atoms. The molecule has 1 aromatic carbocycles. The van der Waals surface area contributed by atoms with Crippen molar-refractivity contribution in [2.45, 2.75) is 45.3 Å². The molecule has 112 valence electrons. The molecule has 1 aliphatic heterocycles. The van der Waals surface area contributed by atoms with Crippen molar-refractivity contribution in [1.29, 1.82) is 0 Å². The van der Waals surface area contributed by atoms with Crippen LogP contribution in [-0.4, -0.2) is 25.9 Å². The SMILES string of the molecule is CCCNC(C)c1ccc(OC2CCCOC2)cc1F. The lowest BCUT2D eigenvalue weighted by Crippen LogP contribution is -2.28. The van der Waals surface area contributed by atoms with Crippen LogP contribution >= 0.6 is 0 Å². The van der Waals surface area contributed by atoms with Gasteiger partial charge < -0.3 is 14.8 Å². The zero-order chi connectivity index (χ0) is 14.4. The predicted octanol–water partition coefficient (Wildman–Crippen LogP) is 3.44. The van der Waals surface area contributed by atoms with Crippen LogP contribution in [0.25, 0.3) is 0 Å². The highest BCUT2D eigenvalue weighted by molar-refractivity contribution is 5.30. The molecule has 0 spiro atoms. The summed E-state index contributed by atoms with van der Waals surface area (Å²) in [5, 5.41) is 3.29. The van der Waals surface area contributed by atoms with Crippen molar-refractivity contribution in [3.8, 4) is 5.75 Å². The van der Waals surface area contributed by atoms with Gasteiger partial charge in [-0.15, -0.1) is 0 Å². The molecule has 2 atom stereocenters. The van der Waals surface area contributed by atoms with Crippen LogP contribution in [0.15, 0.2) is 18.2 Å². The Morgan fingerprint density at radius 3 is 3.00 bits per heavy atom. The fourth-order valence-electron chi connectivity index (χ4n) is 2.40. The Morgan fingerprint density at radius 2 is 2.35 bits per heavy atom. The van der Waals surface area contributed by atoms with Gasteiger partial charge in [0.1, 0.15) is 17.7 Å². The second kappa shape index (κ2) is 7.60. The van der Waals surface area contributed by atoms with Crippen molar-refractivity contribution in [3.05, 3.63) is 29.6 Å². The van der Waals surface area contributed by atoms with E-state index in [0.29, 0.717) is 17.9 Å². The van der Waals surface area contributed by atoms with Gasteiger partial charge in [-0.2, -0.15) is 0 Å². The van der Waals surface area contributed by atoms with E-state index in [0.717, 1.165) is 32.4 Å². The third-order valence-electron chi connectivity index (χ3n) is 3.56. The van der Waals surface area contributed by atoms with Crippen molar-refractivity contribution >= 4 is 0 Å². The number of hydrogen-bond donors (Lipinski definition) is 1. The lowest BCUT2D eigenvalue weighted by atomic mass is 10.1. The summed E-state index contributed by atoms with van der Waals surface area (Å²) in [6.07, 6.45) is 3.06. The molecule has 1 aliphatic rings. The maximum Gasteiger partial charge on any atom is 0.131 e. The molecular formula is C16H24FNO2. The average Bonchev–Trinajstić information content (AvgIpc) is 2.46. The first-order chi connectivity index (χ1) is 9.70. The van der Waals surface area contributed by atoms with Gasteiger partial charge in [0, 0.05) is 24.3 Å². The van der Waals surface area contributed by atoms with Crippen molar-refractivity contribution in [3.63, 3.8) is 0 Å². The molecule has 20 heavy (non-hydrogen) atoms. The first kappa shape index (κ1) is 15.3. The fourth-order valence-corrected chi connectivity index (χ4v) is 2.40. The summed E-state index contributed by atoms with van der Waals surface area (Å²) in [7, 11) is 0. The molecule has 0 radical (unpaired) electrons. The van der Waals surface area contributed by atoms with Crippen molar-refractivity contribution in [1.82, 2.24) is 5.32 Å². The molecule has 0 aliphatic carbocycles. The molecule has 1 fully saturated rings. The topological polar surface area (TPSA) is 30.5 Å². The van der Waals surface area contributed by atoms with Gasteiger partial charge in [-0.3, -0.25) is 0 Å². The molecule has 0 amide bonds. The predicted molar refractivity (Wildman–Crippen MR) is 77.6 cm³/mol. The average molecular weight is 281 g/mol. The monoisotopic (exact) mass is 281 g/mol. The summed E-state index contributed by atoms with van der Waals surface area (Å²) in [6.45, 7) is 6.35. The van der Waals surface area contributed by atoms with Crippen LogP contribution in [0, 0.1) is 5.82 Å². The zero-order valence-corrected chi connectivity index (χ0v) is 12.3. The third-order valence-corrected chi connectivity index (χ3v) is 3.56. The Kier molecular flexibility index (Phi) is 5.80. The van der Waals surface area contributed by atoms with E-state index in [1.165, 1.54) is 6.07 Å². The zero-order valence-electron chi connectivity index (χ0n) is 12.3. The van der Waals surface area contributed by atoms with Gasteiger partial charge in [0.15, 0.2) is 0 Å². The van der Waals surface area contributed by atoms with E-state index in [9.17, 15) is 4.39 Å². The maximum absolute atomic E-state index is 14.1. The minimum atomic E-state index is -0.213. The Balaban J connectivity index is 1.97. The van der Waals surface area contributed by atoms with Crippen LogP contribution in [-0.2, 0) is 4.74 Å². The van der Waals surface area contributed by atoms with Crippen molar-refractivity contribution in [2.24, 2.45) is 0 Å². The second-order valence-corrected chi connectivity index (χ2v) is 5.32. The lowest BCUT2D eigenvalue weighted by Gasteiger charge is -2.23. The first-order valence-corrected chi connectivity index (χ1v) is 7.48. The molecule has 0 saturated carbocycles. The molecule has 0 aromatic heterocycles. The van der Waals surface area contributed by atoms with E-state index in [4.69, 9.17) is 9.47 Å². The Labute approximate surface area is 120 Å².